The third kappa shape index (κ3) is 2.97. The Bertz CT molecular complexity index is 640. The summed E-state index contributed by atoms with van der Waals surface area (Å²) in [6, 6.07) is 2.89. The number of ether oxygens (including phenoxy) is 2. The predicted octanol–water partition coefficient (Wildman–Crippen LogP) is 3.15. The van der Waals surface area contributed by atoms with Gasteiger partial charge in [0.05, 0.1) is 35.3 Å². The molecule has 19 heavy (non-hydrogen) atoms. The highest BCUT2D eigenvalue weighted by Crippen LogP contribution is 2.23. The standard InChI is InChI=1S/C12H14ClFN2O2S/c1-17-6-7(18-2)5-16-11-3-8(13)9(14)4-10(11)15-12(16)19/h3-4,7H,5-6H2,1-2H3,(H,15,19). The van der Waals surface area contributed by atoms with Gasteiger partial charge in [-0.2, -0.15) is 0 Å². The summed E-state index contributed by atoms with van der Waals surface area (Å²) < 4.78 is 26.1. The summed E-state index contributed by atoms with van der Waals surface area (Å²) >= 11 is 11.0. The summed E-state index contributed by atoms with van der Waals surface area (Å²) in [7, 11) is 3.21. The highest BCUT2D eigenvalue weighted by atomic mass is 35.5. The molecule has 1 aromatic heterocycles. The minimum atomic E-state index is -0.474. The van der Waals surface area contributed by atoms with Crippen LogP contribution in [0.2, 0.25) is 5.02 Å². The van der Waals surface area contributed by atoms with Crippen LogP contribution in [0.3, 0.4) is 0 Å². The molecule has 1 aromatic carbocycles. The molecule has 0 radical (unpaired) electrons. The third-order valence-electron chi connectivity index (χ3n) is 2.89. The van der Waals surface area contributed by atoms with Crippen molar-refractivity contribution in [3.8, 4) is 0 Å². The normalized spacial score (nSPS) is 13.1. The fraction of sp³-hybridized carbons (Fsp3) is 0.417. The van der Waals surface area contributed by atoms with E-state index in [-0.39, 0.29) is 11.1 Å². The zero-order valence-electron chi connectivity index (χ0n) is 10.6. The van der Waals surface area contributed by atoms with Gasteiger partial charge < -0.3 is 19.0 Å². The van der Waals surface area contributed by atoms with Gasteiger partial charge in [-0.3, -0.25) is 0 Å². The SMILES string of the molecule is COCC(Cn1c(=S)[nH]c2cc(F)c(Cl)cc21)OC. The number of benzene rings is 1. The maximum atomic E-state index is 13.4. The first-order valence-corrected chi connectivity index (χ1v) is 6.44. The number of hydrogen-bond donors (Lipinski definition) is 1. The van der Waals surface area contributed by atoms with Gasteiger partial charge in [0.15, 0.2) is 4.77 Å². The molecule has 0 spiro atoms. The lowest BCUT2D eigenvalue weighted by atomic mass is 10.3. The van der Waals surface area contributed by atoms with E-state index in [4.69, 9.17) is 33.3 Å². The lowest BCUT2D eigenvalue weighted by molar-refractivity contribution is 0.0188. The van der Waals surface area contributed by atoms with Crippen molar-refractivity contribution in [1.29, 1.82) is 0 Å². The summed E-state index contributed by atoms with van der Waals surface area (Å²) in [4.78, 5) is 2.95. The van der Waals surface area contributed by atoms with Crippen molar-refractivity contribution in [2.24, 2.45) is 0 Å². The molecule has 0 saturated heterocycles. The van der Waals surface area contributed by atoms with Gasteiger partial charge in [-0.25, -0.2) is 4.39 Å². The van der Waals surface area contributed by atoms with Crippen molar-refractivity contribution in [2.75, 3.05) is 20.8 Å². The van der Waals surface area contributed by atoms with E-state index in [2.05, 4.69) is 4.98 Å². The van der Waals surface area contributed by atoms with Crippen molar-refractivity contribution in [3.05, 3.63) is 27.7 Å². The molecular weight excluding hydrogens is 291 g/mol. The molecule has 0 aliphatic heterocycles. The molecule has 104 valence electrons. The van der Waals surface area contributed by atoms with E-state index in [1.165, 1.54) is 6.07 Å². The van der Waals surface area contributed by atoms with Gasteiger partial charge in [0.25, 0.3) is 0 Å². The molecule has 0 aliphatic carbocycles. The number of nitrogens with zero attached hydrogens (tertiary/aromatic N) is 1. The topological polar surface area (TPSA) is 39.2 Å². The van der Waals surface area contributed by atoms with Crippen LogP contribution in [0.5, 0.6) is 0 Å². The molecule has 2 aromatic rings. The molecule has 1 atom stereocenters. The molecule has 0 bridgehead atoms. The average molecular weight is 305 g/mol. The number of nitrogens with one attached hydrogen (secondary N) is 1. The second-order valence-electron chi connectivity index (χ2n) is 4.14. The first kappa shape index (κ1) is 14.5. The van der Waals surface area contributed by atoms with Crippen LogP contribution in [0.1, 0.15) is 0 Å². The lowest BCUT2D eigenvalue weighted by Crippen LogP contribution is -2.23. The average Bonchev–Trinajstić information content (AvgIpc) is 2.66. The number of hydrogen-bond acceptors (Lipinski definition) is 3. The van der Waals surface area contributed by atoms with Gasteiger partial charge >= 0.3 is 0 Å². The lowest BCUT2D eigenvalue weighted by Gasteiger charge is -2.15. The van der Waals surface area contributed by atoms with Gasteiger partial charge in [-0.1, -0.05) is 11.6 Å². The number of imidazole rings is 1. The second kappa shape index (κ2) is 6.00. The number of H-pyrrole nitrogens is 1. The Morgan fingerprint density at radius 3 is 2.84 bits per heavy atom. The van der Waals surface area contributed by atoms with Crippen LogP contribution in [-0.4, -0.2) is 36.5 Å². The van der Waals surface area contributed by atoms with Crippen LogP contribution >= 0.6 is 23.8 Å². The number of fused-ring (bicyclic) bond motifs is 1. The molecular formula is C12H14ClFN2O2S. The maximum Gasteiger partial charge on any atom is 0.178 e. The Hall–Kier alpha value is -0.950. The molecule has 4 nitrogen and oxygen atoms in total. The zero-order valence-corrected chi connectivity index (χ0v) is 12.1. The quantitative estimate of drug-likeness (QED) is 0.863. The second-order valence-corrected chi connectivity index (χ2v) is 4.93. The zero-order chi connectivity index (χ0) is 14.0. The Morgan fingerprint density at radius 1 is 1.47 bits per heavy atom. The minimum Gasteiger partial charge on any atom is -0.382 e. The monoisotopic (exact) mass is 304 g/mol. The van der Waals surface area contributed by atoms with E-state index in [0.29, 0.717) is 23.4 Å². The molecule has 1 heterocycles. The van der Waals surface area contributed by atoms with Gasteiger partial charge in [-0.15, -0.1) is 0 Å². The summed E-state index contributed by atoms with van der Waals surface area (Å²) in [6.45, 7) is 0.949. The molecule has 0 fully saturated rings. The maximum absolute atomic E-state index is 13.4. The molecule has 0 aliphatic rings. The molecule has 7 heteroatoms. The van der Waals surface area contributed by atoms with Crippen LogP contribution in [-0.2, 0) is 16.0 Å². The van der Waals surface area contributed by atoms with E-state index >= 15 is 0 Å². The summed E-state index contributed by atoms with van der Waals surface area (Å²) in [5.41, 5.74) is 1.36. The Morgan fingerprint density at radius 2 is 2.21 bits per heavy atom. The first-order chi connectivity index (χ1) is 9.06. The smallest absolute Gasteiger partial charge is 0.178 e. The number of rotatable bonds is 5. The fourth-order valence-electron chi connectivity index (χ4n) is 1.92. The number of methoxy groups -OCH3 is 2. The van der Waals surface area contributed by atoms with Crippen molar-refractivity contribution in [2.45, 2.75) is 12.6 Å². The van der Waals surface area contributed by atoms with E-state index in [1.807, 2.05) is 4.57 Å². The largest absolute Gasteiger partial charge is 0.382 e. The van der Waals surface area contributed by atoms with Gasteiger partial charge in [0, 0.05) is 20.3 Å². The molecule has 1 unspecified atom stereocenters. The van der Waals surface area contributed by atoms with E-state index in [1.54, 1.807) is 20.3 Å². The predicted molar refractivity (Wildman–Crippen MR) is 74.8 cm³/mol. The summed E-state index contributed by atoms with van der Waals surface area (Å²) in [6.07, 6.45) is -0.139. The van der Waals surface area contributed by atoms with Crippen molar-refractivity contribution >= 4 is 34.9 Å². The highest BCUT2D eigenvalue weighted by molar-refractivity contribution is 7.71. The van der Waals surface area contributed by atoms with Crippen molar-refractivity contribution in [1.82, 2.24) is 9.55 Å². The number of halogens is 2. The number of aromatic amines is 1. The summed E-state index contributed by atoms with van der Waals surface area (Å²) in [5.74, 6) is -0.474. The highest BCUT2D eigenvalue weighted by Gasteiger charge is 2.13. The van der Waals surface area contributed by atoms with Crippen LogP contribution in [0.25, 0.3) is 11.0 Å². The summed E-state index contributed by atoms with van der Waals surface area (Å²) in [5, 5.41) is 0.0657. The van der Waals surface area contributed by atoms with E-state index in [9.17, 15) is 4.39 Å². The Balaban J connectivity index is 2.45. The van der Waals surface area contributed by atoms with Crippen molar-refractivity contribution in [3.63, 3.8) is 0 Å². The van der Waals surface area contributed by atoms with Crippen LogP contribution in [0, 0.1) is 10.6 Å². The molecule has 2 rings (SSSR count). The molecule has 1 N–H and O–H groups in total. The number of aromatic nitrogens is 2. The molecule has 0 amide bonds. The molecule has 0 saturated carbocycles. The Kier molecular flexibility index (Phi) is 4.57. The fourth-order valence-corrected chi connectivity index (χ4v) is 2.36. The first-order valence-electron chi connectivity index (χ1n) is 5.66. The Labute approximate surface area is 120 Å². The minimum absolute atomic E-state index is 0.0657. The van der Waals surface area contributed by atoms with Gasteiger partial charge in [-0.05, 0) is 18.3 Å². The van der Waals surface area contributed by atoms with E-state index in [0.717, 1.165) is 5.52 Å². The van der Waals surface area contributed by atoms with Crippen molar-refractivity contribution < 1.29 is 13.9 Å². The van der Waals surface area contributed by atoms with Gasteiger partial charge in [0.2, 0.25) is 0 Å². The van der Waals surface area contributed by atoms with Gasteiger partial charge in [0.1, 0.15) is 5.82 Å². The van der Waals surface area contributed by atoms with Crippen LogP contribution in [0.15, 0.2) is 12.1 Å². The van der Waals surface area contributed by atoms with Crippen LogP contribution in [0.4, 0.5) is 4.39 Å². The third-order valence-corrected chi connectivity index (χ3v) is 3.50. The van der Waals surface area contributed by atoms with E-state index < -0.39 is 5.82 Å². The van der Waals surface area contributed by atoms with Crippen LogP contribution < -0.4 is 0 Å².